The summed E-state index contributed by atoms with van der Waals surface area (Å²) in [5, 5.41) is 8.77. The Morgan fingerprint density at radius 1 is 0.192 bits per heavy atom. The largest absolute Gasteiger partial charge is 0.145 e. The highest BCUT2D eigenvalue weighted by molar-refractivity contribution is 7.11. The SMILES string of the molecule is CC(C)CC1(CC(C)C)c2ccccc2-c2ccc([Si](C)(c3ccc4c(c3)C(CC(C)C)(CC(C)C)c3ccccc3-4)c3ccc4c(c3)C(CC(C)C)(CC(C)Cc3ccc5c(c3)C(C)(C)c3cc(-c6ccc([Si](C)(c7ccc(-c8ccc9c(c8)C(C)(C)c8ccccc8-9)cc7)c7ccc(-c8ccc9c(c8)C(C)(C)c8ccccc8-9)cc7)cc6)ccc3-5)c3ccccc3-4)cc21. The molecule has 650 valence electrons. The molecule has 6 aliphatic rings. The smallest absolute Gasteiger partial charge is 0.0627 e. The third-order valence-electron chi connectivity index (χ3n) is 32.9. The van der Waals surface area contributed by atoms with Gasteiger partial charge in [0.2, 0.25) is 0 Å². The third kappa shape index (κ3) is 13.3. The van der Waals surface area contributed by atoms with E-state index in [9.17, 15) is 0 Å². The van der Waals surface area contributed by atoms with Crippen LogP contribution in [0.5, 0.6) is 0 Å². The summed E-state index contributed by atoms with van der Waals surface area (Å²) < 4.78 is 0. The maximum atomic E-state index is 2.84. The van der Waals surface area contributed by atoms with Gasteiger partial charge in [0.05, 0.1) is 0 Å². The lowest BCUT2D eigenvalue weighted by molar-refractivity contribution is 0.325. The van der Waals surface area contributed by atoms with E-state index >= 15 is 0 Å². The molecule has 15 aromatic carbocycles. The maximum absolute atomic E-state index is 2.95. The lowest BCUT2D eigenvalue weighted by Crippen LogP contribution is -2.65. The zero-order valence-corrected chi connectivity index (χ0v) is 82.5. The molecular weight excluding hydrogens is 1590 g/mol. The van der Waals surface area contributed by atoms with Gasteiger partial charge in [-0.25, -0.2) is 0 Å². The van der Waals surface area contributed by atoms with Crippen molar-refractivity contribution in [2.24, 2.45) is 35.5 Å². The summed E-state index contributed by atoms with van der Waals surface area (Å²) in [4.78, 5) is 0. The van der Waals surface area contributed by atoms with Gasteiger partial charge in [-0.1, -0.05) is 434 Å². The van der Waals surface area contributed by atoms with Crippen LogP contribution in [0.2, 0.25) is 13.1 Å². The van der Waals surface area contributed by atoms with Crippen LogP contribution in [0.1, 0.15) is 229 Å². The Hall–Kier alpha value is -11.3. The van der Waals surface area contributed by atoms with Gasteiger partial charge in [-0.05, 0) is 302 Å². The van der Waals surface area contributed by atoms with Crippen molar-refractivity contribution in [3.05, 3.63) is 394 Å². The van der Waals surface area contributed by atoms with Crippen molar-refractivity contribution < 1.29 is 0 Å². The average molecular weight is 1720 g/mol. The van der Waals surface area contributed by atoms with E-state index in [2.05, 4.69) is 452 Å². The normalized spacial score (nSPS) is 16.8. The van der Waals surface area contributed by atoms with Crippen molar-refractivity contribution in [2.45, 2.75) is 208 Å². The van der Waals surface area contributed by atoms with Crippen LogP contribution in [-0.2, 0) is 38.9 Å². The fourth-order valence-electron chi connectivity index (χ4n) is 27.3. The molecule has 0 aromatic heterocycles. The second kappa shape index (κ2) is 31.5. The van der Waals surface area contributed by atoms with Crippen molar-refractivity contribution >= 4 is 47.3 Å². The zero-order chi connectivity index (χ0) is 90.3. The van der Waals surface area contributed by atoms with Gasteiger partial charge in [0.25, 0.3) is 0 Å². The van der Waals surface area contributed by atoms with E-state index < -0.39 is 16.1 Å². The molecule has 0 saturated carbocycles. The van der Waals surface area contributed by atoms with E-state index in [0.717, 1.165) is 44.9 Å². The molecule has 2 heteroatoms. The van der Waals surface area contributed by atoms with Crippen LogP contribution in [0.25, 0.3) is 100 Å². The first-order valence-electron chi connectivity index (χ1n) is 49.2. The molecule has 6 aliphatic carbocycles. The first-order chi connectivity index (χ1) is 62.3. The van der Waals surface area contributed by atoms with E-state index in [1.165, 1.54) is 187 Å². The minimum Gasteiger partial charge on any atom is -0.0627 e. The summed E-state index contributed by atoms with van der Waals surface area (Å²) in [6.07, 6.45) is 7.64. The van der Waals surface area contributed by atoms with E-state index in [-0.39, 0.29) is 32.5 Å². The van der Waals surface area contributed by atoms with Gasteiger partial charge in [0.1, 0.15) is 16.1 Å². The molecule has 0 fully saturated rings. The van der Waals surface area contributed by atoms with Crippen molar-refractivity contribution in [2.75, 3.05) is 0 Å². The van der Waals surface area contributed by atoms with Crippen LogP contribution in [0.3, 0.4) is 0 Å². The van der Waals surface area contributed by atoms with Crippen LogP contribution in [0.4, 0.5) is 0 Å². The van der Waals surface area contributed by atoms with Gasteiger partial charge in [0.15, 0.2) is 0 Å². The quantitative estimate of drug-likeness (QED) is 0.0442. The molecule has 0 radical (unpaired) electrons. The second-order valence-electron chi connectivity index (χ2n) is 44.8. The predicted molar refractivity (Wildman–Crippen MR) is 562 cm³/mol. The number of hydrogen-bond acceptors (Lipinski definition) is 0. The number of rotatable bonds is 23. The highest BCUT2D eigenvalue weighted by Gasteiger charge is 2.52. The molecule has 0 aliphatic heterocycles. The molecule has 0 N–H and O–H groups in total. The summed E-state index contributed by atoms with van der Waals surface area (Å²) >= 11 is 0. The lowest BCUT2D eigenvalue weighted by atomic mass is 9.67. The Morgan fingerprint density at radius 2 is 0.408 bits per heavy atom. The number of benzene rings is 15. The Labute approximate surface area is 779 Å². The van der Waals surface area contributed by atoms with Crippen LogP contribution in [0.15, 0.2) is 322 Å². The molecule has 0 heterocycles. The van der Waals surface area contributed by atoms with E-state index in [0.29, 0.717) is 35.5 Å². The highest BCUT2D eigenvalue weighted by Crippen LogP contribution is 2.61. The molecular formula is C128H130Si2. The Morgan fingerprint density at radius 3 is 0.715 bits per heavy atom. The number of hydrogen-bond donors (Lipinski definition) is 0. The minimum absolute atomic E-state index is 0.0692. The molecule has 2 unspecified atom stereocenters. The Bertz CT molecular complexity index is 6710. The Kier molecular flexibility index (Phi) is 20.7. The molecule has 2 atom stereocenters. The molecule has 0 nitrogen and oxygen atoms in total. The Balaban J connectivity index is 0.609. The number of fused-ring (bicyclic) bond motifs is 18. The summed E-state index contributed by atoms with van der Waals surface area (Å²) in [7, 11) is -5.60. The molecule has 130 heavy (non-hydrogen) atoms. The van der Waals surface area contributed by atoms with Gasteiger partial charge in [-0.3, -0.25) is 0 Å². The summed E-state index contributed by atoms with van der Waals surface area (Å²) in [5.74, 6) is 2.93. The van der Waals surface area contributed by atoms with Gasteiger partial charge in [-0.15, -0.1) is 0 Å². The predicted octanol–water partition coefficient (Wildman–Crippen LogP) is 30.1. The second-order valence-corrected chi connectivity index (χ2v) is 52.7. The topological polar surface area (TPSA) is 0 Å². The van der Waals surface area contributed by atoms with Gasteiger partial charge in [0, 0.05) is 32.5 Å². The molecule has 0 saturated heterocycles. The highest BCUT2D eigenvalue weighted by atomic mass is 28.3. The van der Waals surface area contributed by atoms with Crippen LogP contribution in [0, 0.1) is 35.5 Å². The van der Waals surface area contributed by atoms with E-state index in [1.807, 2.05) is 0 Å². The van der Waals surface area contributed by atoms with Crippen molar-refractivity contribution in [3.8, 4) is 100 Å². The molecule has 0 amide bonds. The van der Waals surface area contributed by atoms with Crippen LogP contribution in [-0.4, -0.2) is 16.1 Å². The summed E-state index contributed by atoms with van der Waals surface area (Å²) in [6, 6.07) is 129. The van der Waals surface area contributed by atoms with Crippen molar-refractivity contribution in [3.63, 3.8) is 0 Å². The van der Waals surface area contributed by atoms with Crippen molar-refractivity contribution in [1.82, 2.24) is 0 Å². The zero-order valence-electron chi connectivity index (χ0n) is 80.5. The maximum Gasteiger partial charge on any atom is 0.145 e. The summed E-state index contributed by atoms with van der Waals surface area (Å²) in [5.41, 5.74) is 42.8. The fourth-order valence-corrected chi connectivity index (χ4v) is 34.3. The van der Waals surface area contributed by atoms with Gasteiger partial charge < -0.3 is 0 Å². The van der Waals surface area contributed by atoms with Crippen LogP contribution >= 0.6 is 0 Å². The molecule has 0 bridgehead atoms. The van der Waals surface area contributed by atoms with Crippen molar-refractivity contribution in [1.29, 1.82) is 0 Å². The molecule has 15 aromatic rings. The minimum atomic E-state index is -2.95. The van der Waals surface area contributed by atoms with Crippen LogP contribution < -0.4 is 31.1 Å². The average Bonchev–Trinajstić information content (AvgIpc) is 1.52. The standard InChI is InChI=1S/C128H130Si2/c1-80(2)74-126(75-81(3)4)113-37-27-22-32-101(113)108-63-56-96(71-120(108)126)130(19,97-57-64-109-102-33-23-28-38-114(102)127(76-82(5)6,77-83(7)8)121(109)72-97)98-58-65-110-103-34-24-29-39-115(103)128(78-84(9)10,122(110)73-98)79-85(11)66-86-40-59-104-107-62-49-92(70-119(107)125(16,17)116(104)67-86)89-45-54-95(55-46-89)129(18,93-50-41-87(42-51-93)90-47-60-105-99-30-20-25-35-111(99)123(12,13)117(105)68-90)94-52-43-88(44-53-94)91-48-61-106-100-31-21-26-36-112(100)124(14,15)118(106)69-91/h20-65,67-73,80-85H,66,74-79H2,1-19H3. The molecule has 0 spiro atoms. The first-order valence-corrected chi connectivity index (χ1v) is 54.2. The lowest BCUT2D eigenvalue weighted by Gasteiger charge is -2.39. The third-order valence-corrected chi connectivity index (χ3v) is 41.8. The fraction of sp³-hybridized carbons (Fsp3) is 0.297. The monoisotopic (exact) mass is 1720 g/mol. The van der Waals surface area contributed by atoms with E-state index in [1.54, 1.807) is 16.7 Å². The van der Waals surface area contributed by atoms with Gasteiger partial charge in [-0.2, -0.15) is 0 Å². The molecule has 21 rings (SSSR count). The first kappa shape index (κ1) is 85.5. The summed E-state index contributed by atoms with van der Waals surface area (Å²) in [6.45, 7) is 47.1. The van der Waals surface area contributed by atoms with Gasteiger partial charge >= 0.3 is 0 Å². The van der Waals surface area contributed by atoms with E-state index in [4.69, 9.17) is 0 Å².